The second-order valence-corrected chi connectivity index (χ2v) is 7.05. The molecule has 1 fully saturated rings. The lowest BCUT2D eigenvalue weighted by Gasteiger charge is -2.27. The zero-order valence-corrected chi connectivity index (χ0v) is 16.8. The number of Topliss-reactive ketones (excluding diaryl/α,β-unsaturated/α-hetero) is 1. The summed E-state index contributed by atoms with van der Waals surface area (Å²) < 4.78 is 0. The number of aromatic nitrogens is 2. The minimum Gasteiger partial charge on any atom is -0.872 e. The van der Waals surface area contributed by atoms with Crippen LogP contribution in [0, 0.1) is 0 Å². The van der Waals surface area contributed by atoms with E-state index in [-0.39, 0.29) is 5.57 Å². The summed E-state index contributed by atoms with van der Waals surface area (Å²) in [5.74, 6) is -1.76. The van der Waals surface area contributed by atoms with Gasteiger partial charge in [0.05, 0.1) is 25.7 Å². The third-order valence-corrected chi connectivity index (χ3v) is 5.42. The molecule has 1 aliphatic rings. The van der Waals surface area contributed by atoms with Crippen LogP contribution < -0.4 is 10.0 Å². The van der Waals surface area contributed by atoms with Crippen LogP contribution in [0.1, 0.15) is 37.4 Å². The summed E-state index contributed by atoms with van der Waals surface area (Å²) in [4.78, 5) is 36.6. The van der Waals surface area contributed by atoms with Crippen LogP contribution >= 0.6 is 0 Å². The summed E-state index contributed by atoms with van der Waals surface area (Å²) in [6, 6.07) is 5.93. The van der Waals surface area contributed by atoms with Crippen molar-refractivity contribution in [3.8, 4) is 0 Å². The molecule has 29 heavy (non-hydrogen) atoms. The molecule has 2 aromatic rings. The Morgan fingerprint density at radius 1 is 1.03 bits per heavy atom. The van der Waals surface area contributed by atoms with E-state index in [9.17, 15) is 14.7 Å². The number of carbonyl (C=O) groups is 2. The maximum Gasteiger partial charge on any atom is 0.295 e. The van der Waals surface area contributed by atoms with Crippen LogP contribution in [0.25, 0.3) is 5.76 Å². The fourth-order valence-electron chi connectivity index (χ4n) is 3.75. The lowest BCUT2D eigenvalue weighted by molar-refractivity contribution is -0.896. The number of rotatable bonds is 8. The van der Waals surface area contributed by atoms with Gasteiger partial charge in [0.2, 0.25) is 5.78 Å². The third-order valence-electron chi connectivity index (χ3n) is 5.42. The van der Waals surface area contributed by atoms with Gasteiger partial charge in [-0.2, -0.15) is 0 Å². The fraction of sp³-hybridized carbons (Fsp3) is 0.364. The Hall–Kier alpha value is -3.06. The number of nitrogens with zero attached hydrogens (tertiary/aromatic N) is 3. The van der Waals surface area contributed by atoms with E-state index in [0.717, 1.165) is 26.1 Å². The van der Waals surface area contributed by atoms with Crippen LogP contribution in [-0.2, 0) is 9.59 Å². The predicted molar refractivity (Wildman–Crippen MR) is 106 cm³/mol. The molecule has 0 bridgehead atoms. The molecule has 0 aromatic carbocycles. The van der Waals surface area contributed by atoms with Crippen molar-refractivity contribution in [3.05, 3.63) is 65.8 Å². The lowest BCUT2D eigenvalue weighted by atomic mass is 9.96. The molecule has 0 spiro atoms. The summed E-state index contributed by atoms with van der Waals surface area (Å²) in [5.41, 5.74) is 1.07. The van der Waals surface area contributed by atoms with Gasteiger partial charge in [-0.1, -0.05) is 5.76 Å². The van der Waals surface area contributed by atoms with Gasteiger partial charge >= 0.3 is 0 Å². The van der Waals surface area contributed by atoms with Crippen LogP contribution in [0.4, 0.5) is 0 Å². The van der Waals surface area contributed by atoms with E-state index in [1.165, 1.54) is 22.2 Å². The number of pyridine rings is 2. The van der Waals surface area contributed by atoms with Gasteiger partial charge < -0.3 is 14.9 Å². The average molecular weight is 394 g/mol. The maximum atomic E-state index is 13.1. The van der Waals surface area contributed by atoms with Crippen LogP contribution in [0.2, 0.25) is 0 Å². The van der Waals surface area contributed by atoms with E-state index in [1.807, 2.05) is 0 Å². The van der Waals surface area contributed by atoms with Gasteiger partial charge in [0.25, 0.3) is 5.91 Å². The number of nitrogens with one attached hydrogen (secondary N) is 1. The highest BCUT2D eigenvalue weighted by Crippen LogP contribution is 2.38. The minimum absolute atomic E-state index is 0.00239. The van der Waals surface area contributed by atoms with Crippen molar-refractivity contribution in [2.24, 2.45) is 0 Å². The highest BCUT2D eigenvalue weighted by Gasteiger charge is 2.43. The van der Waals surface area contributed by atoms with Crippen molar-refractivity contribution in [3.63, 3.8) is 0 Å². The second kappa shape index (κ2) is 9.43. The summed E-state index contributed by atoms with van der Waals surface area (Å²) in [7, 11) is 0. The molecule has 1 N–H and O–H groups in total. The van der Waals surface area contributed by atoms with Crippen LogP contribution in [0.3, 0.4) is 0 Å². The lowest BCUT2D eigenvalue weighted by Crippen LogP contribution is -3.11. The number of hydrogen-bond donors (Lipinski definition) is 1. The van der Waals surface area contributed by atoms with E-state index >= 15 is 0 Å². The normalized spacial score (nSPS) is 18.6. The molecule has 152 valence electrons. The molecule has 1 unspecified atom stereocenters. The second-order valence-electron chi connectivity index (χ2n) is 7.05. The van der Waals surface area contributed by atoms with Crippen molar-refractivity contribution in [1.29, 1.82) is 0 Å². The number of carbonyl (C=O) groups excluding carboxylic acids is 2. The van der Waals surface area contributed by atoms with Crippen molar-refractivity contribution in [2.45, 2.75) is 26.3 Å². The Morgan fingerprint density at radius 3 is 2.21 bits per heavy atom. The first-order chi connectivity index (χ1) is 14.1. The molecule has 3 heterocycles. The summed E-state index contributed by atoms with van der Waals surface area (Å²) in [6.45, 7) is 7.60. The first-order valence-electron chi connectivity index (χ1n) is 9.98. The Balaban J connectivity index is 1.98. The predicted octanol–water partition coefficient (Wildman–Crippen LogP) is 0.0154. The van der Waals surface area contributed by atoms with Gasteiger partial charge in [0, 0.05) is 43.3 Å². The Labute approximate surface area is 170 Å². The molecule has 0 radical (unpaired) electrons. The van der Waals surface area contributed by atoms with Crippen LogP contribution in [0.5, 0.6) is 0 Å². The molecular weight excluding hydrogens is 368 g/mol. The standard InChI is InChI=1S/C22H26N4O3/c1-3-25(4-2)14-5-15-26-19(16-6-10-23-11-7-16)18(21(28)22(26)29)20(27)17-8-12-24-13-9-17/h6-13,19,27H,3-5,14-15H2,1-2H3. The number of ketones is 1. The van der Waals surface area contributed by atoms with E-state index in [2.05, 4.69) is 23.8 Å². The van der Waals surface area contributed by atoms with Gasteiger partial charge in [-0.15, -0.1) is 0 Å². The number of amides is 1. The number of hydrogen-bond acceptors (Lipinski definition) is 5. The van der Waals surface area contributed by atoms with Crippen LogP contribution in [-0.4, -0.2) is 52.7 Å². The molecule has 1 amide bonds. The SMILES string of the molecule is CC[NH+](CC)CCCN1C(=O)C(=O)C(=C([O-])c2ccncc2)C1c1ccncc1. The molecule has 3 rings (SSSR count). The zero-order valence-electron chi connectivity index (χ0n) is 16.8. The van der Waals surface area contributed by atoms with Gasteiger partial charge in [0.1, 0.15) is 0 Å². The van der Waals surface area contributed by atoms with Crippen molar-refractivity contribution >= 4 is 17.4 Å². The average Bonchev–Trinajstić information content (AvgIpc) is 3.02. The van der Waals surface area contributed by atoms with Crippen LogP contribution in [0.15, 0.2) is 54.6 Å². The molecule has 2 aromatic heterocycles. The first-order valence-corrected chi connectivity index (χ1v) is 9.98. The summed E-state index contributed by atoms with van der Waals surface area (Å²) in [6.07, 6.45) is 6.97. The highest BCUT2D eigenvalue weighted by atomic mass is 16.3. The van der Waals surface area contributed by atoms with E-state index in [0.29, 0.717) is 17.7 Å². The molecule has 1 aliphatic heterocycles. The fourth-order valence-corrected chi connectivity index (χ4v) is 3.75. The maximum absolute atomic E-state index is 13.1. The van der Waals surface area contributed by atoms with Crippen molar-refractivity contribution in [1.82, 2.24) is 14.9 Å². The summed E-state index contributed by atoms with van der Waals surface area (Å²) >= 11 is 0. The van der Waals surface area contributed by atoms with E-state index < -0.39 is 23.5 Å². The monoisotopic (exact) mass is 394 g/mol. The largest absolute Gasteiger partial charge is 0.872 e. The number of likely N-dealkylation sites (tertiary alicyclic amines) is 1. The summed E-state index contributed by atoms with van der Waals surface area (Å²) in [5, 5.41) is 13.1. The Morgan fingerprint density at radius 2 is 1.62 bits per heavy atom. The van der Waals surface area contributed by atoms with Gasteiger partial charge in [-0.25, -0.2) is 0 Å². The smallest absolute Gasteiger partial charge is 0.295 e. The molecule has 1 saturated heterocycles. The van der Waals surface area contributed by atoms with Gasteiger partial charge in [-0.3, -0.25) is 19.6 Å². The molecule has 1 atom stereocenters. The van der Waals surface area contributed by atoms with Crippen molar-refractivity contribution < 1.29 is 19.6 Å². The van der Waals surface area contributed by atoms with Crippen molar-refractivity contribution in [2.75, 3.05) is 26.2 Å². The number of quaternary nitrogens is 1. The minimum atomic E-state index is -0.719. The molecular formula is C22H26N4O3. The zero-order chi connectivity index (χ0) is 20.8. The van der Waals surface area contributed by atoms with Gasteiger partial charge in [-0.05, 0) is 49.2 Å². The highest BCUT2D eigenvalue weighted by molar-refractivity contribution is 6.46. The third kappa shape index (κ3) is 4.35. The molecule has 0 saturated carbocycles. The molecule has 7 nitrogen and oxygen atoms in total. The Bertz CT molecular complexity index is 879. The van der Waals surface area contributed by atoms with Gasteiger partial charge in [0.15, 0.2) is 0 Å². The van der Waals surface area contributed by atoms with E-state index in [4.69, 9.17) is 0 Å². The molecule has 7 heteroatoms. The quantitative estimate of drug-likeness (QED) is 0.387. The van der Waals surface area contributed by atoms with E-state index in [1.54, 1.807) is 36.7 Å². The first kappa shape index (κ1) is 20.7. The molecule has 0 aliphatic carbocycles. The Kier molecular flexibility index (Phi) is 6.72. The topological polar surface area (TPSA) is 90.7 Å².